The van der Waals surface area contributed by atoms with Gasteiger partial charge in [-0.05, 0) is 50.3 Å². The molecular weight excluding hydrogens is 266 g/mol. The van der Waals surface area contributed by atoms with Gasteiger partial charge in [0.1, 0.15) is 17.3 Å². The van der Waals surface area contributed by atoms with Gasteiger partial charge < -0.3 is 5.11 Å². The van der Waals surface area contributed by atoms with Crippen molar-refractivity contribution in [2.24, 2.45) is 5.92 Å². The Morgan fingerprint density at radius 3 is 2.24 bits per heavy atom. The van der Waals surface area contributed by atoms with Gasteiger partial charge in [-0.25, -0.2) is 0 Å². The monoisotopic (exact) mass is 291 g/mol. The summed E-state index contributed by atoms with van der Waals surface area (Å²) in [7, 11) is 0. The van der Waals surface area contributed by atoms with Gasteiger partial charge in [-0.3, -0.25) is 14.9 Å². The van der Waals surface area contributed by atoms with E-state index in [9.17, 15) is 14.7 Å². The van der Waals surface area contributed by atoms with Crippen molar-refractivity contribution in [1.82, 2.24) is 5.32 Å². The summed E-state index contributed by atoms with van der Waals surface area (Å²) in [6.07, 6.45) is 1.17. The Kier molecular flexibility index (Phi) is 6.56. The van der Waals surface area contributed by atoms with Crippen molar-refractivity contribution in [3.63, 3.8) is 0 Å². The third-order valence-electron chi connectivity index (χ3n) is 3.44. The number of carbonyl (C=O) groups excluding carboxylic acids is 2. The molecule has 0 saturated heterocycles. The van der Waals surface area contributed by atoms with Crippen molar-refractivity contribution in [3.8, 4) is 5.75 Å². The third kappa shape index (κ3) is 6.08. The van der Waals surface area contributed by atoms with Gasteiger partial charge in [0.15, 0.2) is 0 Å². The van der Waals surface area contributed by atoms with Gasteiger partial charge in [-0.15, -0.1) is 0 Å². The average Bonchev–Trinajstić information content (AvgIpc) is 2.36. The maximum absolute atomic E-state index is 11.8. The first kappa shape index (κ1) is 17.4. The van der Waals surface area contributed by atoms with Gasteiger partial charge in [0.25, 0.3) is 0 Å². The van der Waals surface area contributed by atoms with E-state index in [1.165, 1.54) is 6.92 Å². The molecule has 0 radical (unpaired) electrons. The molecule has 2 N–H and O–H groups in total. The van der Waals surface area contributed by atoms with Gasteiger partial charge in [0.2, 0.25) is 0 Å². The van der Waals surface area contributed by atoms with E-state index in [0.717, 1.165) is 5.56 Å². The summed E-state index contributed by atoms with van der Waals surface area (Å²) in [6, 6.07) is 6.12. The summed E-state index contributed by atoms with van der Waals surface area (Å²) < 4.78 is 0. The largest absolute Gasteiger partial charge is 0.508 e. The lowest BCUT2D eigenvalue weighted by atomic mass is 9.97. The zero-order valence-electron chi connectivity index (χ0n) is 13.2. The van der Waals surface area contributed by atoms with Crippen LogP contribution in [0.2, 0.25) is 0 Å². The maximum atomic E-state index is 11.8. The quantitative estimate of drug-likeness (QED) is 0.772. The van der Waals surface area contributed by atoms with Crippen LogP contribution in [-0.4, -0.2) is 28.8 Å². The van der Waals surface area contributed by atoms with E-state index in [2.05, 4.69) is 19.2 Å². The third-order valence-corrected chi connectivity index (χ3v) is 3.44. The maximum Gasteiger partial charge on any atom is 0.147 e. The highest BCUT2D eigenvalue weighted by atomic mass is 16.3. The molecule has 2 unspecified atom stereocenters. The lowest BCUT2D eigenvalue weighted by molar-refractivity contribution is -0.121. The van der Waals surface area contributed by atoms with Gasteiger partial charge in [-0.1, -0.05) is 26.0 Å². The van der Waals surface area contributed by atoms with E-state index in [1.807, 2.05) is 6.07 Å². The highest BCUT2D eigenvalue weighted by Crippen LogP contribution is 2.14. The number of phenols is 1. The van der Waals surface area contributed by atoms with Crippen molar-refractivity contribution in [3.05, 3.63) is 29.8 Å². The molecule has 21 heavy (non-hydrogen) atoms. The van der Waals surface area contributed by atoms with Crippen LogP contribution in [0.4, 0.5) is 0 Å². The summed E-state index contributed by atoms with van der Waals surface area (Å²) >= 11 is 0. The Hall–Kier alpha value is -1.68. The normalized spacial score (nSPS) is 14.0. The SMILES string of the molecule is CC(=O)C(Cc1cccc(O)c1)NC(CC(C)C)C(C)=O. The Bertz CT molecular complexity index is 497. The summed E-state index contributed by atoms with van der Waals surface area (Å²) in [5.41, 5.74) is 0.870. The fraction of sp³-hybridized carbons (Fsp3) is 0.529. The average molecular weight is 291 g/mol. The predicted octanol–water partition coefficient (Wildman–Crippen LogP) is 2.49. The zero-order chi connectivity index (χ0) is 16.0. The number of aromatic hydroxyl groups is 1. The van der Waals surface area contributed by atoms with Crippen molar-refractivity contribution in [2.75, 3.05) is 0 Å². The summed E-state index contributed by atoms with van der Waals surface area (Å²) in [5.74, 6) is 0.596. The molecule has 1 aromatic carbocycles. The predicted molar refractivity (Wildman–Crippen MR) is 83.3 cm³/mol. The fourth-order valence-electron chi connectivity index (χ4n) is 2.30. The van der Waals surface area contributed by atoms with Crippen LogP contribution >= 0.6 is 0 Å². The van der Waals surface area contributed by atoms with E-state index >= 15 is 0 Å². The number of rotatable bonds is 8. The molecule has 0 fully saturated rings. The van der Waals surface area contributed by atoms with Crippen LogP contribution in [0.1, 0.15) is 39.7 Å². The number of benzene rings is 1. The lowest BCUT2D eigenvalue weighted by Gasteiger charge is -2.24. The standard InChI is InChI=1S/C17H25NO3/c1-11(2)8-16(12(3)19)18-17(13(4)20)10-14-6-5-7-15(21)9-14/h5-7,9,11,16-18,21H,8,10H2,1-4H3. The van der Waals surface area contributed by atoms with Crippen LogP contribution in [0.15, 0.2) is 24.3 Å². The van der Waals surface area contributed by atoms with Gasteiger partial charge in [0.05, 0.1) is 12.1 Å². The minimum absolute atomic E-state index is 0.00616. The van der Waals surface area contributed by atoms with Crippen molar-refractivity contribution in [1.29, 1.82) is 0 Å². The molecule has 0 spiro atoms. The van der Waals surface area contributed by atoms with E-state index in [-0.39, 0.29) is 23.4 Å². The summed E-state index contributed by atoms with van der Waals surface area (Å²) in [4.78, 5) is 23.6. The second kappa shape index (κ2) is 7.93. The van der Waals surface area contributed by atoms with Gasteiger partial charge in [0, 0.05) is 0 Å². The number of ketones is 2. The summed E-state index contributed by atoms with van der Waals surface area (Å²) in [6.45, 7) is 7.17. The minimum atomic E-state index is -0.417. The van der Waals surface area contributed by atoms with Gasteiger partial charge in [-0.2, -0.15) is 0 Å². The second-order valence-corrected chi connectivity index (χ2v) is 6.00. The molecule has 116 valence electrons. The van der Waals surface area contributed by atoms with Crippen LogP contribution in [0.5, 0.6) is 5.75 Å². The van der Waals surface area contributed by atoms with E-state index in [4.69, 9.17) is 0 Å². The first-order valence-corrected chi connectivity index (χ1v) is 7.34. The Balaban J connectivity index is 2.81. The molecule has 0 aliphatic carbocycles. The van der Waals surface area contributed by atoms with Crippen LogP contribution in [-0.2, 0) is 16.0 Å². The number of Topliss-reactive ketones (excluding diaryl/α,β-unsaturated/α-hetero) is 2. The van der Waals surface area contributed by atoms with Crippen LogP contribution < -0.4 is 5.32 Å². The lowest BCUT2D eigenvalue weighted by Crippen LogP contribution is -2.47. The first-order valence-electron chi connectivity index (χ1n) is 7.34. The number of nitrogens with one attached hydrogen (secondary N) is 1. The first-order chi connectivity index (χ1) is 9.79. The Morgan fingerprint density at radius 1 is 1.14 bits per heavy atom. The number of carbonyl (C=O) groups is 2. The van der Waals surface area contributed by atoms with Crippen molar-refractivity contribution in [2.45, 2.75) is 52.6 Å². The van der Waals surface area contributed by atoms with E-state index in [0.29, 0.717) is 18.8 Å². The van der Waals surface area contributed by atoms with Crippen molar-refractivity contribution < 1.29 is 14.7 Å². The Morgan fingerprint density at radius 2 is 1.76 bits per heavy atom. The zero-order valence-corrected chi connectivity index (χ0v) is 13.2. The molecule has 0 aliphatic heterocycles. The molecule has 0 aliphatic rings. The molecule has 1 aromatic rings. The molecule has 4 heteroatoms. The highest BCUT2D eigenvalue weighted by Gasteiger charge is 2.23. The number of hydrogen-bond donors (Lipinski definition) is 2. The smallest absolute Gasteiger partial charge is 0.147 e. The number of phenolic OH excluding ortho intramolecular Hbond substituents is 1. The molecule has 0 heterocycles. The molecule has 0 saturated carbocycles. The Labute approximate surface area is 126 Å². The van der Waals surface area contributed by atoms with Crippen LogP contribution in [0.25, 0.3) is 0 Å². The van der Waals surface area contributed by atoms with Gasteiger partial charge >= 0.3 is 0 Å². The van der Waals surface area contributed by atoms with E-state index in [1.54, 1.807) is 25.1 Å². The number of hydrogen-bond acceptors (Lipinski definition) is 4. The van der Waals surface area contributed by atoms with Crippen LogP contribution in [0, 0.1) is 5.92 Å². The summed E-state index contributed by atoms with van der Waals surface area (Å²) in [5, 5.41) is 12.7. The highest BCUT2D eigenvalue weighted by molar-refractivity contribution is 5.85. The molecule has 2 atom stereocenters. The second-order valence-electron chi connectivity index (χ2n) is 6.00. The van der Waals surface area contributed by atoms with Crippen LogP contribution in [0.3, 0.4) is 0 Å². The van der Waals surface area contributed by atoms with E-state index < -0.39 is 6.04 Å². The fourth-order valence-corrected chi connectivity index (χ4v) is 2.30. The van der Waals surface area contributed by atoms with Crippen molar-refractivity contribution >= 4 is 11.6 Å². The molecule has 1 rings (SSSR count). The molecule has 0 aromatic heterocycles. The molecule has 0 amide bonds. The molecular formula is C17H25NO3. The molecule has 4 nitrogen and oxygen atoms in total. The minimum Gasteiger partial charge on any atom is -0.508 e. The topological polar surface area (TPSA) is 66.4 Å². The molecule has 0 bridgehead atoms.